The molecule has 0 aliphatic rings. The molecule has 32 heavy (non-hydrogen) atoms. The van der Waals surface area contributed by atoms with Crippen LogP contribution in [0.1, 0.15) is 110 Å². The van der Waals surface area contributed by atoms with Crippen molar-refractivity contribution in [2.75, 3.05) is 6.61 Å². The number of carbonyl (C=O) groups is 2. The molecule has 1 aromatic rings. The normalized spacial score (nSPS) is 10.8. The number of esters is 2. The van der Waals surface area contributed by atoms with Gasteiger partial charge in [0.2, 0.25) is 0 Å². The average molecular weight is 471 g/mol. The fourth-order valence-corrected chi connectivity index (χ4v) is 3.70. The van der Waals surface area contributed by atoms with E-state index in [2.05, 4.69) is 6.92 Å². The maximum Gasteiger partial charge on any atom is 0.311 e. The van der Waals surface area contributed by atoms with E-state index in [-0.39, 0.29) is 29.6 Å². The van der Waals surface area contributed by atoms with E-state index >= 15 is 0 Å². The second kappa shape index (κ2) is 18.9. The molecule has 6 heteroatoms. The van der Waals surface area contributed by atoms with Crippen molar-refractivity contribution in [2.45, 2.75) is 110 Å². The Morgan fingerprint density at radius 2 is 1.31 bits per heavy atom. The molecule has 0 unspecified atom stereocenters. The molecule has 0 atom stereocenters. The van der Waals surface area contributed by atoms with Crippen LogP contribution in [0.5, 0.6) is 5.75 Å². The largest absolute Gasteiger partial charge is 0.466 e. The Kier molecular flexibility index (Phi) is 16.8. The van der Waals surface area contributed by atoms with Gasteiger partial charge in [-0.15, -0.1) is 0 Å². The molecule has 0 amide bonds. The van der Waals surface area contributed by atoms with Gasteiger partial charge in [0.15, 0.2) is 11.6 Å². The maximum absolute atomic E-state index is 13.6. The summed E-state index contributed by atoms with van der Waals surface area (Å²) in [6, 6.07) is 4.05. The lowest BCUT2D eigenvalue weighted by Gasteiger charge is -2.07. The Hall–Kier alpha value is -1.62. The first kappa shape index (κ1) is 28.4. The number of halogens is 2. The lowest BCUT2D eigenvalue weighted by Crippen LogP contribution is -2.11. The van der Waals surface area contributed by atoms with Gasteiger partial charge in [0.25, 0.3) is 0 Å². The Balaban J connectivity index is 1.91. The highest BCUT2D eigenvalue weighted by molar-refractivity contribution is 6.32. The van der Waals surface area contributed by atoms with Crippen LogP contribution in [0.4, 0.5) is 4.39 Å². The van der Waals surface area contributed by atoms with E-state index < -0.39 is 11.8 Å². The maximum atomic E-state index is 13.6. The van der Waals surface area contributed by atoms with E-state index in [1.807, 2.05) is 0 Å². The molecule has 0 N–H and O–H groups in total. The van der Waals surface area contributed by atoms with Crippen LogP contribution in [-0.2, 0) is 14.3 Å². The van der Waals surface area contributed by atoms with Gasteiger partial charge in [0, 0.05) is 12.8 Å². The summed E-state index contributed by atoms with van der Waals surface area (Å²) < 4.78 is 23.7. The summed E-state index contributed by atoms with van der Waals surface area (Å²) in [5, 5.41) is 0.0376. The van der Waals surface area contributed by atoms with Crippen LogP contribution in [0.2, 0.25) is 5.02 Å². The first-order valence-corrected chi connectivity index (χ1v) is 12.7. The van der Waals surface area contributed by atoms with E-state index in [1.54, 1.807) is 0 Å². The van der Waals surface area contributed by atoms with Gasteiger partial charge in [0.1, 0.15) is 0 Å². The van der Waals surface area contributed by atoms with Gasteiger partial charge in [-0.3, -0.25) is 9.59 Å². The zero-order chi connectivity index (χ0) is 23.4. The molecule has 1 aromatic carbocycles. The minimum atomic E-state index is -0.692. The first-order valence-electron chi connectivity index (χ1n) is 12.3. The number of unbranched alkanes of at least 4 members (excludes halogenated alkanes) is 12. The summed E-state index contributed by atoms with van der Waals surface area (Å²) >= 11 is 5.82. The Labute approximate surface area is 198 Å². The van der Waals surface area contributed by atoms with Gasteiger partial charge >= 0.3 is 11.9 Å². The monoisotopic (exact) mass is 470 g/mol. The van der Waals surface area contributed by atoms with Crippen molar-refractivity contribution < 1.29 is 23.5 Å². The predicted octanol–water partition coefficient (Wildman–Crippen LogP) is 8.19. The van der Waals surface area contributed by atoms with Crippen molar-refractivity contribution in [3.05, 3.63) is 29.0 Å². The third kappa shape index (κ3) is 14.4. The second-order valence-electron chi connectivity index (χ2n) is 8.34. The smallest absolute Gasteiger partial charge is 0.311 e. The highest BCUT2D eigenvalue weighted by Crippen LogP contribution is 2.27. The lowest BCUT2D eigenvalue weighted by atomic mass is 10.0. The van der Waals surface area contributed by atoms with E-state index in [4.69, 9.17) is 21.1 Å². The number of benzene rings is 1. The van der Waals surface area contributed by atoms with Gasteiger partial charge < -0.3 is 9.47 Å². The lowest BCUT2D eigenvalue weighted by molar-refractivity contribution is -0.144. The van der Waals surface area contributed by atoms with Gasteiger partial charge in [0.05, 0.1) is 11.6 Å². The van der Waals surface area contributed by atoms with E-state index in [1.165, 1.54) is 88.8 Å². The molecule has 4 nitrogen and oxygen atoms in total. The molecule has 0 spiro atoms. The molecule has 0 radical (unpaired) electrons. The van der Waals surface area contributed by atoms with Crippen LogP contribution in [0.3, 0.4) is 0 Å². The van der Waals surface area contributed by atoms with Crippen molar-refractivity contribution in [1.29, 1.82) is 0 Å². The highest BCUT2D eigenvalue weighted by atomic mass is 35.5. The van der Waals surface area contributed by atoms with Crippen LogP contribution in [-0.4, -0.2) is 18.5 Å². The molecular weight excluding hydrogens is 431 g/mol. The van der Waals surface area contributed by atoms with Gasteiger partial charge in [-0.05, 0) is 25.0 Å². The molecule has 0 heterocycles. The Morgan fingerprint density at radius 3 is 1.88 bits per heavy atom. The zero-order valence-electron chi connectivity index (χ0n) is 19.6. The van der Waals surface area contributed by atoms with Crippen LogP contribution >= 0.6 is 11.6 Å². The summed E-state index contributed by atoms with van der Waals surface area (Å²) in [5.74, 6) is -1.91. The minimum absolute atomic E-state index is 0.00148. The molecule has 0 saturated carbocycles. The number of ether oxygens (including phenoxy) is 2. The molecular formula is C26H40ClFO4. The Morgan fingerprint density at radius 1 is 0.781 bits per heavy atom. The zero-order valence-corrected chi connectivity index (χ0v) is 20.4. The summed E-state index contributed by atoms with van der Waals surface area (Å²) in [4.78, 5) is 23.5. The fourth-order valence-electron chi connectivity index (χ4n) is 3.50. The SMILES string of the molecule is CCCCCCCCCCCCCCCOC(=O)CCCC(=O)Oc1c(F)cccc1Cl. The summed E-state index contributed by atoms with van der Waals surface area (Å²) in [6.07, 6.45) is 17.0. The summed E-state index contributed by atoms with van der Waals surface area (Å²) in [5.41, 5.74) is 0. The van der Waals surface area contributed by atoms with Crippen molar-refractivity contribution in [2.24, 2.45) is 0 Å². The summed E-state index contributed by atoms with van der Waals surface area (Å²) in [7, 11) is 0. The van der Waals surface area contributed by atoms with Crippen molar-refractivity contribution in [3.63, 3.8) is 0 Å². The van der Waals surface area contributed by atoms with Crippen molar-refractivity contribution in [1.82, 2.24) is 0 Å². The topological polar surface area (TPSA) is 52.6 Å². The number of hydrogen-bond acceptors (Lipinski definition) is 4. The molecule has 0 aromatic heterocycles. The third-order valence-corrected chi connectivity index (χ3v) is 5.71. The van der Waals surface area contributed by atoms with Gasteiger partial charge in [-0.2, -0.15) is 0 Å². The Bertz CT molecular complexity index is 630. The van der Waals surface area contributed by atoms with Crippen molar-refractivity contribution >= 4 is 23.5 Å². The van der Waals surface area contributed by atoms with Crippen LogP contribution < -0.4 is 4.74 Å². The molecule has 182 valence electrons. The average Bonchev–Trinajstić information content (AvgIpc) is 2.76. The van der Waals surface area contributed by atoms with E-state index in [9.17, 15) is 14.0 Å². The van der Waals surface area contributed by atoms with Gasteiger partial charge in [-0.25, -0.2) is 4.39 Å². The van der Waals surface area contributed by atoms with Gasteiger partial charge in [-0.1, -0.05) is 102 Å². The van der Waals surface area contributed by atoms with Crippen LogP contribution in [0, 0.1) is 5.82 Å². The standard InChI is InChI=1S/C26H40ClFO4/c1-2-3-4-5-6-7-8-9-10-11-12-13-14-21-31-24(29)19-16-20-25(30)32-26-22(27)17-15-18-23(26)28/h15,17-18H,2-14,16,19-21H2,1H3. The second-order valence-corrected chi connectivity index (χ2v) is 8.75. The first-order chi connectivity index (χ1) is 15.5. The molecule has 0 aliphatic carbocycles. The molecule has 0 fully saturated rings. The van der Waals surface area contributed by atoms with E-state index in [0.29, 0.717) is 13.0 Å². The number of carbonyl (C=O) groups excluding carboxylic acids is 2. The number of para-hydroxylation sites is 1. The molecule has 0 bridgehead atoms. The van der Waals surface area contributed by atoms with E-state index in [0.717, 1.165) is 12.8 Å². The van der Waals surface area contributed by atoms with Crippen LogP contribution in [0.15, 0.2) is 18.2 Å². The number of hydrogen-bond donors (Lipinski definition) is 0. The van der Waals surface area contributed by atoms with Crippen molar-refractivity contribution in [3.8, 4) is 5.75 Å². The molecule has 1 rings (SSSR count). The molecule has 0 saturated heterocycles. The summed E-state index contributed by atoms with van der Waals surface area (Å²) in [6.45, 7) is 2.67. The third-order valence-electron chi connectivity index (χ3n) is 5.41. The predicted molar refractivity (Wildman–Crippen MR) is 128 cm³/mol. The molecule has 0 aliphatic heterocycles. The minimum Gasteiger partial charge on any atom is -0.466 e. The fraction of sp³-hybridized carbons (Fsp3) is 0.692. The highest BCUT2D eigenvalue weighted by Gasteiger charge is 2.14. The number of rotatable bonds is 19. The quantitative estimate of drug-likeness (QED) is 0.116. The van der Waals surface area contributed by atoms with Crippen LogP contribution in [0.25, 0.3) is 0 Å².